The van der Waals surface area contributed by atoms with Crippen LogP contribution >= 0.6 is 0 Å². The second-order valence-electron chi connectivity index (χ2n) is 5.48. The number of benzene rings is 3. The summed E-state index contributed by atoms with van der Waals surface area (Å²) in [5.74, 6) is 0.330. The third kappa shape index (κ3) is 3.67. The van der Waals surface area contributed by atoms with Crippen LogP contribution in [0.15, 0.2) is 89.8 Å². The largest absolute Gasteiger partial charge is 0.495 e. The summed E-state index contributed by atoms with van der Waals surface area (Å²) < 4.78 is 33.4. The molecular formula is C20H19NO3S. The fourth-order valence-electron chi connectivity index (χ4n) is 2.61. The van der Waals surface area contributed by atoms with E-state index in [1.165, 1.54) is 11.4 Å². The van der Waals surface area contributed by atoms with Crippen LogP contribution < -0.4 is 9.04 Å². The lowest BCUT2D eigenvalue weighted by Gasteiger charge is -2.25. The molecule has 25 heavy (non-hydrogen) atoms. The predicted molar refractivity (Wildman–Crippen MR) is 99.2 cm³/mol. The highest BCUT2D eigenvalue weighted by Crippen LogP contribution is 2.30. The quantitative estimate of drug-likeness (QED) is 0.670. The topological polar surface area (TPSA) is 46.6 Å². The Kier molecular flexibility index (Phi) is 5.05. The van der Waals surface area contributed by atoms with Crippen LogP contribution in [0.2, 0.25) is 0 Å². The number of anilines is 1. The van der Waals surface area contributed by atoms with E-state index >= 15 is 0 Å². The van der Waals surface area contributed by atoms with Crippen molar-refractivity contribution in [1.29, 1.82) is 0 Å². The zero-order valence-corrected chi connectivity index (χ0v) is 14.7. The molecule has 3 rings (SSSR count). The first-order valence-corrected chi connectivity index (χ1v) is 9.31. The van der Waals surface area contributed by atoms with E-state index < -0.39 is 10.0 Å². The van der Waals surface area contributed by atoms with E-state index in [-0.39, 0.29) is 11.4 Å². The van der Waals surface area contributed by atoms with Crippen LogP contribution in [0, 0.1) is 0 Å². The Hall–Kier alpha value is -2.79. The Morgan fingerprint density at radius 1 is 0.800 bits per heavy atom. The van der Waals surface area contributed by atoms with Crippen molar-refractivity contribution in [2.24, 2.45) is 0 Å². The standard InChI is InChI=1S/C20H19NO3S/c1-24-19-14-8-9-15-20(19)25(22,23)21(18-12-6-3-7-13-18)16-17-10-4-2-5-11-17/h2-15H,16H2,1H3. The molecule has 0 aliphatic carbocycles. The zero-order valence-electron chi connectivity index (χ0n) is 13.9. The lowest BCUT2D eigenvalue weighted by atomic mass is 10.2. The van der Waals surface area contributed by atoms with Gasteiger partial charge in [-0.2, -0.15) is 0 Å². The number of para-hydroxylation sites is 2. The number of nitrogens with zero attached hydrogens (tertiary/aromatic N) is 1. The lowest BCUT2D eigenvalue weighted by Crippen LogP contribution is -2.30. The van der Waals surface area contributed by atoms with Gasteiger partial charge in [0.2, 0.25) is 0 Å². The smallest absolute Gasteiger partial charge is 0.268 e. The average Bonchev–Trinajstić information content (AvgIpc) is 2.67. The third-order valence-corrected chi connectivity index (χ3v) is 5.66. The van der Waals surface area contributed by atoms with Gasteiger partial charge in [-0.15, -0.1) is 0 Å². The maximum atomic E-state index is 13.4. The first-order chi connectivity index (χ1) is 12.1. The number of methoxy groups -OCH3 is 1. The molecule has 0 radical (unpaired) electrons. The lowest BCUT2D eigenvalue weighted by molar-refractivity contribution is 0.402. The molecule has 0 aliphatic rings. The van der Waals surface area contributed by atoms with E-state index in [2.05, 4.69) is 0 Å². The molecule has 0 aromatic heterocycles. The van der Waals surface area contributed by atoms with Crippen LogP contribution in [0.25, 0.3) is 0 Å². The summed E-state index contributed by atoms with van der Waals surface area (Å²) in [6.45, 7) is 0.241. The van der Waals surface area contributed by atoms with Crippen LogP contribution in [0.5, 0.6) is 5.75 Å². The van der Waals surface area contributed by atoms with Gasteiger partial charge in [-0.25, -0.2) is 8.42 Å². The highest BCUT2D eigenvalue weighted by atomic mass is 32.2. The van der Waals surface area contributed by atoms with Gasteiger partial charge in [-0.05, 0) is 29.8 Å². The molecule has 0 saturated heterocycles. The molecule has 0 bridgehead atoms. The molecule has 0 heterocycles. The minimum Gasteiger partial charge on any atom is -0.495 e. The molecule has 3 aromatic carbocycles. The normalized spacial score (nSPS) is 11.1. The molecule has 0 atom stereocenters. The van der Waals surface area contributed by atoms with Gasteiger partial charge in [0.05, 0.1) is 19.3 Å². The van der Waals surface area contributed by atoms with E-state index in [0.717, 1.165) is 5.56 Å². The Morgan fingerprint density at radius 2 is 1.36 bits per heavy atom. The van der Waals surface area contributed by atoms with Crippen molar-refractivity contribution in [2.45, 2.75) is 11.4 Å². The van der Waals surface area contributed by atoms with E-state index in [4.69, 9.17) is 4.74 Å². The molecule has 0 N–H and O–H groups in total. The van der Waals surface area contributed by atoms with Crippen LogP contribution in [0.3, 0.4) is 0 Å². The minimum atomic E-state index is -3.79. The maximum Gasteiger partial charge on any atom is 0.268 e. The van der Waals surface area contributed by atoms with Gasteiger partial charge in [-0.3, -0.25) is 4.31 Å². The second kappa shape index (κ2) is 7.40. The highest BCUT2D eigenvalue weighted by Gasteiger charge is 2.28. The summed E-state index contributed by atoms with van der Waals surface area (Å²) >= 11 is 0. The fraction of sp³-hybridized carbons (Fsp3) is 0.100. The maximum absolute atomic E-state index is 13.4. The van der Waals surface area contributed by atoms with Crippen molar-refractivity contribution in [3.8, 4) is 5.75 Å². The van der Waals surface area contributed by atoms with Crippen molar-refractivity contribution in [1.82, 2.24) is 0 Å². The average molecular weight is 353 g/mol. The molecule has 0 unspecified atom stereocenters. The van der Waals surface area contributed by atoms with E-state index in [1.54, 1.807) is 36.4 Å². The van der Waals surface area contributed by atoms with Gasteiger partial charge in [0.1, 0.15) is 10.6 Å². The Balaban J connectivity index is 2.10. The monoisotopic (exact) mass is 353 g/mol. The summed E-state index contributed by atoms with van der Waals surface area (Å²) in [5, 5.41) is 0. The van der Waals surface area contributed by atoms with E-state index in [0.29, 0.717) is 11.4 Å². The van der Waals surface area contributed by atoms with Gasteiger partial charge >= 0.3 is 0 Å². The minimum absolute atomic E-state index is 0.150. The molecular weight excluding hydrogens is 334 g/mol. The Labute approximate surface area is 148 Å². The van der Waals surface area contributed by atoms with Crippen molar-refractivity contribution < 1.29 is 13.2 Å². The third-order valence-electron chi connectivity index (χ3n) is 3.85. The van der Waals surface area contributed by atoms with Gasteiger partial charge in [0.25, 0.3) is 10.0 Å². The first kappa shape index (κ1) is 17.0. The molecule has 0 saturated carbocycles. The number of hydrogen-bond donors (Lipinski definition) is 0. The van der Waals surface area contributed by atoms with Gasteiger partial charge in [0, 0.05) is 0 Å². The molecule has 4 nitrogen and oxygen atoms in total. The summed E-state index contributed by atoms with van der Waals surface area (Å²) in [5.41, 5.74) is 1.52. The molecule has 3 aromatic rings. The van der Waals surface area contributed by atoms with Crippen LogP contribution in [0.4, 0.5) is 5.69 Å². The van der Waals surface area contributed by atoms with E-state index in [1.807, 2.05) is 48.5 Å². The second-order valence-corrected chi connectivity index (χ2v) is 7.31. The SMILES string of the molecule is COc1ccccc1S(=O)(=O)N(Cc1ccccc1)c1ccccc1. The number of rotatable bonds is 6. The van der Waals surface area contributed by atoms with Crippen LogP contribution in [-0.4, -0.2) is 15.5 Å². The number of ether oxygens (including phenoxy) is 1. The summed E-state index contributed by atoms with van der Waals surface area (Å²) in [6.07, 6.45) is 0. The van der Waals surface area contributed by atoms with Crippen molar-refractivity contribution in [2.75, 3.05) is 11.4 Å². The van der Waals surface area contributed by atoms with Gasteiger partial charge in [0.15, 0.2) is 0 Å². The summed E-state index contributed by atoms with van der Waals surface area (Å²) in [6, 6.07) is 25.3. The van der Waals surface area contributed by atoms with Gasteiger partial charge < -0.3 is 4.74 Å². The summed E-state index contributed by atoms with van der Waals surface area (Å²) in [4.78, 5) is 0.150. The molecule has 0 spiro atoms. The molecule has 0 aliphatic heterocycles. The Morgan fingerprint density at radius 3 is 2.00 bits per heavy atom. The predicted octanol–water partition coefficient (Wildman–Crippen LogP) is 4.09. The molecule has 5 heteroatoms. The summed E-state index contributed by atoms with van der Waals surface area (Å²) in [7, 11) is -2.32. The molecule has 0 amide bonds. The molecule has 0 fully saturated rings. The fourth-order valence-corrected chi connectivity index (χ4v) is 4.22. The van der Waals surface area contributed by atoms with Crippen molar-refractivity contribution in [3.63, 3.8) is 0 Å². The highest BCUT2D eigenvalue weighted by molar-refractivity contribution is 7.92. The first-order valence-electron chi connectivity index (χ1n) is 7.87. The number of sulfonamides is 1. The van der Waals surface area contributed by atoms with Crippen molar-refractivity contribution >= 4 is 15.7 Å². The Bertz CT molecular complexity index is 925. The number of hydrogen-bond acceptors (Lipinski definition) is 3. The van der Waals surface area contributed by atoms with Crippen LogP contribution in [-0.2, 0) is 16.6 Å². The van der Waals surface area contributed by atoms with E-state index in [9.17, 15) is 8.42 Å². The molecule has 128 valence electrons. The van der Waals surface area contributed by atoms with Gasteiger partial charge in [-0.1, -0.05) is 60.7 Å². The zero-order chi connectivity index (χ0) is 17.7. The van der Waals surface area contributed by atoms with Crippen molar-refractivity contribution in [3.05, 3.63) is 90.5 Å². The van der Waals surface area contributed by atoms with Crippen LogP contribution in [0.1, 0.15) is 5.56 Å².